The molecule has 0 fully saturated rings. The maximum atomic E-state index is 12.5. The van der Waals surface area contributed by atoms with Crippen molar-refractivity contribution < 1.29 is 8.42 Å². The van der Waals surface area contributed by atoms with Crippen LogP contribution in [0.5, 0.6) is 0 Å². The van der Waals surface area contributed by atoms with Crippen LogP contribution in [0.1, 0.15) is 16.0 Å². The fourth-order valence-corrected chi connectivity index (χ4v) is 5.46. The van der Waals surface area contributed by atoms with Crippen LogP contribution >= 0.6 is 22.7 Å². The fraction of sp³-hybridized carbons (Fsp3) is 0.385. The van der Waals surface area contributed by atoms with Crippen molar-refractivity contribution in [1.29, 1.82) is 0 Å². The summed E-state index contributed by atoms with van der Waals surface area (Å²) in [6.07, 6.45) is 0. The quantitative estimate of drug-likeness (QED) is 0.886. The number of nitrogens with one attached hydrogen (secondary N) is 1. The molecule has 0 saturated carbocycles. The van der Waals surface area contributed by atoms with Crippen molar-refractivity contribution in [3.63, 3.8) is 0 Å². The van der Waals surface area contributed by atoms with E-state index < -0.39 is 10.0 Å². The molecule has 1 N–H and O–H groups in total. The third kappa shape index (κ3) is 3.29. The van der Waals surface area contributed by atoms with Gasteiger partial charge in [-0.15, -0.1) is 11.3 Å². The molecule has 0 unspecified atom stereocenters. The summed E-state index contributed by atoms with van der Waals surface area (Å²) in [7, 11) is 0.0756. The first-order valence-corrected chi connectivity index (χ1v) is 9.36. The Bertz CT molecular complexity index is 660. The summed E-state index contributed by atoms with van der Waals surface area (Å²) in [6.45, 7) is 3.05. The molecule has 0 aromatic carbocycles. The molecular weight excluding hydrogens is 312 g/mol. The first kappa shape index (κ1) is 15.7. The maximum absolute atomic E-state index is 12.5. The molecule has 110 valence electrons. The number of sulfonamides is 1. The van der Waals surface area contributed by atoms with E-state index in [-0.39, 0.29) is 0 Å². The molecule has 0 aliphatic rings. The first-order chi connectivity index (χ1) is 9.45. The molecule has 2 rings (SSSR count). The lowest BCUT2D eigenvalue weighted by Gasteiger charge is -2.15. The molecule has 0 amide bonds. The smallest absolute Gasteiger partial charge is 0.252 e. The van der Waals surface area contributed by atoms with Gasteiger partial charge < -0.3 is 5.32 Å². The third-order valence-corrected chi connectivity index (χ3v) is 7.21. The Kier molecular flexibility index (Phi) is 4.98. The molecular formula is C13H18N2O2S3. The molecule has 2 heterocycles. The topological polar surface area (TPSA) is 49.4 Å². The van der Waals surface area contributed by atoms with E-state index in [1.807, 2.05) is 30.8 Å². The first-order valence-electron chi connectivity index (χ1n) is 6.16. The van der Waals surface area contributed by atoms with E-state index in [4.69, 9.17) is 0 Å². The van der Waals surface area contributed by atoms with E-state index in [1.165, 1.54) is 15.6 Å². The molecule has 0 aliphatic heterocycles. The molecule has 20 heavy (non-hydrogen) atoms. The van der Waals surface area contributed by atoms with E-state index in [1.54, 1.807) is 24.5 Å². The van der Waals surface area contributed by atoms with Gasteiger partial charge in [0.1, 0.15) is 4.21 Å². The molecule has 2 aromatic heterocycles. The molecule has 0 atom stereocenters. The fourth-order valence-electron chi connectivity index (χ4n) is 1.83. The van der Waals surface area contributed by atoms with E-state index in [0.29, 0.717) is 17.3 Å². The minimum atomic E-state index is -3.41. The predicted molar refractivity (Wildman–Crippen MR) is 84.8 cm³/mol. The lowest BCUT2D eigenvalue weighted by atomic mass is 10.3. The van der Waals surface area contributed by atoms with E-state index in [2.05, 4.69) is 5.32 Å². The van der Waals surface area contributed by atoms with Gasteiger partial charge in [-0.2, -0.15) is 15.6 Å². The van der Waals surface area contributed by atoms with Crippen LogP contribution in [0.4, 0.5) is 0 Å². The monoisotopic (exact) mass is 330 g/mol. The van der Waals surface area contributed by atoms with Crippen molar-refractivity contribution in [3.8, 4) is 0 Å². The van der Waals surface area contributed by atoms with Crippen molar-refractivity contribution in [2.45, 2.75) is 24.2 Å². The largest absolute Gasteiger partial charge is 0.315 e. The van der Waals surface area contributed by atoms with Gasteiger partial charge in [0.25, 0.3) is 10.0 Å². The van der Waals surface area contributed by atoms with Gasteiger partial charge in [0.05, 0.1) is 0 Å². The van der Waals surface area contributed by atoms with Gasteiger partial charge in [0.2, 0.25) is 0 Å². The third-order valence-electron chi connectivity index (χ3n) is 2.99. The summed E-state index contributed by atoms with van der Waals surface area (Å²) in [5, 5.41) is 6.98. The number of thiophene rings is 2. The highest BCUT2D eigenvalue weighted by atomic mass is 32.2. The van der Waals surface area contributed by atoms with Crippen LogP contribution in [-0.2, 0) is 23.1 Å². The molecule has 0 aliphatic carbocycles. The molecule has 0 saturated heterocycles. The highest BCUT2D eigenvalue weighted by Crippen LogP contribution is 2.28. The Morgan fingerprint density at radius 2 is 2.15 bits per heavy atom. The Morgan fingerprint density at radius 3 is 2.75 bits per heavy atom. The Hall–Kier alpha value is -0.730. The molecule has 0 bridgehead atoms. The lowest BCUT2D eigenvalue weighted by Crippen LogP contribution is -2.25. The second kappa shape index (κ2) is 6.36. The molecule has 0 radical (unpaired) electrons. The number of nitrogens with zero attached hydrogens (tertiary/aromatic N) is 1. The SMILES string of the molecule is CNCc1sc(S(=O)(=O)N(C)Cc2ccsc2)cc1C. The van der Waals surface area contributed by atoms with Crippen LogP contribution in [0.3, 0.4) is 0 Å². The maximum Gasteiger partial charge on any atom is 0.252 e. The van der Waals surface area contributed by atoms with Gasteiger partial charge in [0.15, 0.2) is 0 Å². The number of hydrogen-bond donors (Lipinski definition) is 1. The van der Waals surface area contributed by atoms with Crippen molar-refractivity contribution in [1.82, 2.24) is 9.62 Å². The zero-order valence-electron chi connectivity index (χ0n) is 11.7. The van der Waals surface area contributed by atoms with E-state index >= 15 is 0 Å². The van der Waals surface area contributed by atoms with Gasteiger partial charge in [0, 0.05) is 25.0 Å². The Morgan fingerprint density at radius 1 is 1.40 bits per heavy atom. The molecule has 7 heteroatoms. The lowest BCUT2D eigenvalue weighted by molar-refractivity contribution is 0.469. The van der Waals surface area contributed by atoms with Crippen LogP contribution < -0.4 is 5.32 Å². The van der Waals surface area contributed by atoms with Crippen molar-refractivity contribution in [3.05, 3.63) is 38.9 Å². The zero-order valence-corrected chi connectivity index (χ0v) is 14.2. The Balaban J connectivity index is 2.23. The minimum absolute atomic E-state index is 0.407. The molecule has 4 nitrogen and oxygen atoms in total. The standard InChI is InChI=1S/C13H18N2O2S3/c1-10-6-13(19-12(10)7-14-2)20(16,17)15(3)8-11-4-5-18-9-11/h4-6,9,14H,7-8H2,1-3H3. The Labute approximate surface area is 128 Å². The minimum Gasteiger partial charge on any atom is -0.315 e. The number of rotatable bonds is 6. The molecule has 2 aromatic rings. The van der Waals surface area contributed by atoms with Gasteiger partial charge >= 0.3 is 0 Å². The summed E-state index contributed by atoms with van der Waals surface area (Å²) in [4.78, 5) is 1.06. The molecule has 0 spiro atoms. The van der Waals surface area contributed by atoms with Gasteiger partial charge in [-0.1, -0.05) is 0 Å². The zero-order chi connectivity index (χ0) is 14.8. The average molecular weight is 331 g/mol. The average Bonchev–Trinajstić information content (AvgIpc) is 3.01. The van der Waals surface area contributed by atoms with Crippen molar-refractivity contribution in [2.75, 3.05) is 14.1 Å². The van der Waals surface area contributed by atoms with Crippen LogP contribution in [0.25, 0.3) is 0 Å². The van der Waals surface area contributed by atoms with Gasteiger partial charge in [-0.05, 0) is 48.0 Å². The van der Waals surface area contributed by atoms with Crippen LogP contribution in [0.2, 0.25) is 0 Å². The summed E-state index contributed by atoms with van der Waals surface area (Å²) >= 11 is 2.92. The van der Waals surface area contributed by atoms with Crippen LogP contribution in [0, 0.1) is 6.92 Å². The summed E-state index contributed by atoms with van der Waals surface area (Å²) in [5.74, 6) is 0. The van der Waals surface area contributed by atoms with E-state index in [9.17, 15) is 8.42 Å². The highest BCUT2D eigenvalue weighted by Gasteiger charge is 2.24. The van der Waals surface area contributed by atoms with Gasteiger partial charge in [-0.25, -0.2) is 8.42 Å². The van der Waals surface area contributed by atoms with Crippen molar-refractivity contribution in [2.24, 2.45) is 0 Å². The van der Waals surface area contributed by atoms with Crippen LogP contribution in [0.15, 0.2) is 27.1 Å². The predicted octanol–water partition coefficient (Wildman–Crippen LogP) is 2.66. The van der Waals surface area contributed by atoms with E-state index in [0.717, 1.165) is 16.0 Å². The summed E-state index contributed by atoms with van der Waals surface area (Å²) in [5.41, 5.74) is 2.04. The number of hydrogen-bond acceptors (Lipinski definition) is 5. The van der Waals surface area contributed by atoms with Gasteiger partial charge in [-0.3, -0.25) is 0 Å². The van der Waals surface area contributed by atoms with Crippen molar-refractivity contribution >= 4 is 32.7 Å². The normalized spacial score (nSPS) is 12.2. The second-order valence-electron chi connectivity index (χ2n) is 4.59. The number of aryl methyl sites for hydroxylation is 1. The van der Waals surface area contributed by atoms with Crippen LogP contribution in [-0.4, -0.2) is 26.8 Å². The summed E-state index contributed by atoms with van der Waals surface area (Å²) < 4.78 is 26.9. The summed E-state index contributed by atoms with van der Waals surface area (Å²) in [6, 6.07) is 3.71. The highest BCUT2D eigenvalue weighted by molar-refractivity contribution is 7.91. The second-order valence-corrected chi connectivity index (χ2v) is 8.78.